The van der Waals surface area contributed by atoms with Gasteiger partial charge in [-0.3, -0.25) is 4.68 Å². The molecule has 0 bridgehead atoms. The number of nitrogens with two attached hydrogens (primary N) is 1. The third-order valence-corrected chi connectivity index (χ3v) is 3.26. The van der Waals surface area contributed by atoms with Crippen molar-refractivity contribution in [2.24, 2.45) is 5.73 Å². The second kappa shape index (κ2) is 4.81. The van der Waals surface area contributed by atoms with Crippen molar-refractivity contribution in [2.45, 2.75) is 25.9 Å². The number of aromatic nitrogens is 5. The lowest BCUT2D eigenvalue weighted by Crippen LogP contribution is -2.14. The van der Waals surface area contributed by atoms with Crippen LogP contribution >= 0.6 is 0 Å². The lowest BCUT2D eigenvalue weighted by Gasteiger charge is -2.05. The third kappa shape index (κ3) is 2.10. The standard InChI is InChI=1S/C13H16N6/c1-2-19-13-6-4-3-5-9(13)11(17-19)7-10(14)12-8-15-18-16-12/h3-6,8,10H,2,7,14H2,1H3,(H,15,16,18). The summed E-state index contributed by atoms with van der Waals surface area (Å²) in [5.74, 6) is 0. The number of rotatable bonds is 4. The van der Waals surface area contributed by atoms with Crippen LogP contribution in [0.15, 0.2) is 30.5 Å². The van der Waals surface area contributed by atoms with Crippen molar-refractivity contribution in [3.8, 4) is 0 Å². The van der Waals surface area contributed by atoms with Gasteiger partial charge >= 0.3 is 0 Å². The van der Waals surface area contributed by atoms with E-state index in [-0.39, 0.29) is 6.04 Å². The molecule has 3 N–H and O–H groups in total. The van der Waals surface area contributed by atoms with Crippen LogP contribution in [0.1, 0.15) is 24.4 Å². The third-order valence-electron chi connectivity index (χ3n) is 3.26. The van der Waals surface area contributed by atoms with E-state index in [1.165, 1.54) is 0 Å². The van der Waals surface area contributed by atoms with Crippen LogP contribution < -0.4 is 5.73 Å². The predicted octanol–water partition coefficient (Wildman–Crippen LogP) is 1.42. The van der Waals surface area contributed by atoms with Crippen LogP contribution in [0.4, 0.5) is 0 Å². The number of para-hydroxylation sites is 1. The first kappa shape index (κ1) is 11.9. The summed E-state index contributed by atoms with van der Waals surface area (Å²) in [6, 6.07) is 8.02. The Bertz CT molecular complexity index is 670. The normalized spacial score (nSPS) is 12.9. The SMILES string of the molecule is CCn1nc(CC(N)c2cn[nH]n2)c2ccccc21. The fourth-order valence-corrected chi connectivity index (χ4v) is 2.29. The molecule has 1 atom stereocenters. The van der Waals surface area contributed by atoms with Crippen LogP contribution in [0, 0.1) is 0 Å². The molecule has 0 spiro atoms. The van der Waals surface area contributed by atoms with Crippen molar-refractivity contribution >= 4 is 10.9 Å². The summed E-state index contributed by atoms with van der Waals surface area (Å²) in [7, 11) is 0. The molecule has 98 valence electrons. The minimum atomic E-state index is -0.192. The molecule has 3 aromatic rings. The van der Waals surface area contributed by atoms with E-state index in [2.05, 4.69) is 39.6 Å². The monoisotopic (exact) mass is 256 g/mol. The maximum Gasteiger partial charge on any atom is 0.0995 e. The topological polar surface area (TPSA) is 85.4 Å². The number of nitrogens with one attached hydrogen (secondary N) is 1. The molecule has 0 aliphatic rings. The number of fused-ring (bicyclic) bond motifs is 1. The molecule has 19 heavy (non-hydrogen) atoms. The quantitative estimate of drug-likeness (QED) is 0.739. The number of hydrogen-bond donors (Lipinski definition) is 2. The van der Waals surface area contributed by atoms with Gasteiger partial charge in [-0.15, -0.1) is 0 Å². The van der Waals surface area contributed by atoms with Crippen LogP contribution in [0.2, 0.25) is 0 Å². The number of aryl methyl sites for hydroxylation is 1. The molecule has 0 saturated heterocycles. The van der Waals surface area contributed by atoms with E-state index in [1.54, 1.807) is 6.20 Å². The summed E-state index contributed by atoms with van der Waals surface area (Å²) >= 11 is 0. The van der Waals surface area contributed by atoms with Gasteiger partial charge in [0.05, 0.1) is 29.1 Å². The van der Waals surface area contributed by atoms with E-state index in [4.69, 9.17) is 5.73 Å². The van der Waals surface area contributed by atoms with Gasteiger partial charge in [-0.05, 0) is 13.0 Å². The first-order valence-electron chi connectivity index (χ1n) is 6.35. The van der Waals surface area contributed by atoms with E-state index in [9.17, 15) is 0 Å². The van der Waals surface area contributed by atoms with Crippen molar-refractivity contribution in [3.05, 3.63) is 41.9 Å². The van der Waals surface area contributed by atoms with E-state index in [1.807, 2.05) is 16.8 Å². The van der Waals surface area contributed by atoms with Gasteiger partial charge in [0.2, 0.25) is 0 Å². The maximum absolute atomic E-state index is 6.14. The summed E-state index contributed by atoms with van der Waals surface area (Å²) in [5.41, 5.74) is 9.05. The van der Waals surface area contributed by atoms with Crippen LogP contribution in [0.5, 0.6) is 0 Å². The Balaban J connectivity index is 1.97. The smallest absolute Gasteiger partial charge is 0.0995 e. The first-order valence-corrected chi connectivity index (χ1v) is 6.35. The molecule has 0 saturated carbocycles. The molecule has 2 aromatic heterocycles. The number of benzene rings is 1. The van der Waals surface area contributed by atoms with Crippen molar-refractivity contribution in [3.63, 3.8) is 0 Å². The molecule has 1 unspecified atom stereocenters. The summed E-state index contributed by atoms with van der Waals surface area (Å²) in [6.07, 6.45) is 2.31. The van der Waals surface area contributed by atoms with Gasteiger partial charge in [0.15, 0.2) is 0 Å². The molecule has 0 amide bonds. The molecule has 0 fully saturated rings. The van der Waals surface area contributed by atoms with Crippen LogP contribution in [0.25, 0.3) is 10.9 Å². The van der Waals surface area contributed by atoms with Gasteiger partial charge in [-0.2, -0.15) is 20.5 Å². The predicted molar refractivity (Wildman–Crippen MR) is 72.4 cm³/mol. The van der Waals surface area contributed by atoms with Crippen molar-refractivity contribution in [2.75, 3.05) is 0 Å². The summed E-state index contributed by atoms with van der Waals surface area (Å²) < 4.78 is 2.00. The molecule has 6 heteroatoms. The van der Waals surface area contributed by atoms with Crippen molar-refractivity contribution < 1.29 is 0 Å². The molecule has 1 aromatic carbocycles. The number of aromatic amines is 1. The zero-order chi connectivity index (χ0) is 13.2. The second-order valence-electron chi connectivity index (χ2n) is 4.49. The van der Waals surface area contributed by atoms with Crippen LogP contribution in [-0.4, -0.2) is 25.2 Å². The maximum atomic E-state index is 6.14. The van der Waals surface area contributed by atoms with Gasteiger partial charge in [-0.25, -0.2) is 0 Å². The molecule has 0 aliphatic carbocycles. The highest BCUT2D eigenvalue weighted by Gasteiger charge is 2.15. The average molecular weight is 256 g/mol. The molecule has 0 aliphatic heterocycles. The van der Waals surface area contributed by atoms with E-state index < -0.39 is 0 Å². The lowest BCUT2D eigenvalue weighted by molar-refractivity contribution is 0.633. The Morgan fingerprint density at radius 2 is 2.21 bits per heavy atom. The van der Waals surface area contributed by atoms with Gasteiger partial charge in [0.1, 0.15) is 0 Å². The molecular weight excluding hydrogens is 240 g/mol. The van der Waals surface area contributed by atoms with Crippen molar-refractivity contribution in [1.82, 2.24) is 25.2 Å². The second-order valence-corrected chi connectivity index (χ2v) is 4.49. The zero-order valence-electron chi connectivity index (χ0n) is 10.7. The van der Waals surface area contributed by atoms with Gasteiger partial charge in [0.25, 0.3) is 0 Å². The van der Waals surface area contributed by atoms with Crippen LogP contribution in [0.3, 0.4) is 0 Å². The molecule has 2 heterocycles. The zero-order valence-corrected chi connectivity index (χ0v) is 10.7. The Morgan fingerprint density at radius 1 is 1.37 bits per heavy atom. The first-order chi connectivity index (χ1) is 9.29. The van der Waals surface area contributed by atoms with Gasteiger partial charge in [0, 0.05) is 18.4 Å². The van der Waals surface area contributed by atoms with E-state index >= 15 is 0 Å². The number of nitrogens with zero attached hydrogens (tertiary/aromatic N) is 4. The highest BCUT2D eigenvalue weighted by Crippen LogP contribution is 2.22. The number of hydrogen-bond acceptors (Lipinski definition) is 4. The van der Waals surface area contributed by atoms with E-state index in [0.29, 0.717) is 6.42 Å². The Hall–Kier alpha value is -2.21. The molecule has 6 nitrogen and oxygen atoms in total. The minimum absolute atomic E-state index is 0.192. The molecular formula is C13H16N6. The van der Waals surface area contributed by atoms with Gasteiger partial charge < -0.3 is 5.73 Å². The summed E-state index contributed by atoms with van der Waals surface area (Å²) in [4.78, 5) is 0. The fraction of sp³-hybridized carbons (Fsp3) is 0.308. The van der Waals surface area contributed by atoms with Crippen LogP contribution in [-0.2, 0) is 13.0 Å². The Morgan fingerprint density at radius 3 is 2.95 bits per heavy atom. The Kier molecular flexibility index (Phi) is 3.00. The van der Waals surface area contributed by atoms with E-state index in [0.717, 1.165) is 28.8 Å². The van der Waals surface area contributed by atoms with Gasteiger partial charge in [-0.1, -0.05) is 18.2 Å². The largest absolute Gasteiger partial charge is 0.322 e. The molecule has 3 rings (SSSR count). The average Bonchev–Trinajstić information content (AvgIpc) is 3.07. The lowest BCUT2D eigenvalue weighted by atomic mass is 10.1. The minimum Gasteiger partial charge on any atom is -0.322 e. The Labute approximate surface area is 110 Å². The summed E-state index contributed by atoms with van der Waals surface area (Å²) in [5, 5.41) is 16.2. The summed E-state index contributed by atoms with van der Waals surface area (Å²) in [6.45, 7) is 2.93. The highest BCUT2D eigenvalue weighted by atomic mass is 15.3. The highest BCUT2D eigenvalue weighted by molar-refractivity contribution is 5.82. The fourth-order valence-electron chi connectivity index (χ4n) is 2.29. The molecule has 0 radical (unpaired) electrons. The van der Waals surface area contributed by atoms with Crippen molar-refractivity contribution in [1.29, 1.82) is 0 Å². The number of H-pyrrole nitrogens is 1.